The van der Waals surface area contributed by atoms with E-state index in [1.807, 2.05) is 39.8 Å². The van der Waals surface area contributed by atoms with Gasteiger partial charge in [0.05, 0.1) is 0 Å². The number of anilines is 2. The maximum Gasteiger partial charge on any atom is 0.119 e. The Morgan fingerprint density at radius 3 is 1.85 bits per heavy atom. The fraction of sp³-hybridized carbons (Fsp3) is 0.500. The Balaban J connectivity index is 0.000000855. The average molecular weight is 371 g/mol. The molecule has 1 aliphatic carbocycles. The molecule has 0 aromatic heterocycles. The van der Waals surface area contributed by atoms with E-state index in [9.17, 15) is 0 Å². The topological polar surface area (TPSA) is 61.3 Å². The van der Waals surface area contributed by atoms with Crippen molar-refractivity contribution in [2.24, 2.45) is 5.92 Å². The van der Waals surface area contributed by atoms with Crippen LogP contribution in [0.2, 0.25) is 0 Å². The van der Waals surface area contributed by atoms with E-state index in [-0.39, 0.29) is 0 Å². The van der Waals surface area contributed by atoms with E-state index in [0.29, 0.717) is 23.9 Å². The van der Waals surface area contributed by atoms with Crippen LogP contribution < -0.4 is 16.2 Å². The summed E-state index contributed by atoms with van der Waals surface area (Å²) >= 11 is 0. The molecule has 3 rings (SSSR count). The van der Waals surface area contributed by atoms with Crippen molar-refractivity contribution in [3.8, 4) is 5.75 Å². The lowest BCUT2D eigenvalue weighted by atomic mass is 9.79. The Kier molecular flexibility index (Phi) is 10.4. The Morgan fingerprint density at radius 2 is 1.33 bits per heavy atom. The van der Waals surface area contributed by atoms with Crippen LogP contribution in [0.3, 0.4) is 0 Å². The van der Waals surface area contributed by atoms with Crippen molar-refractivity contribution < 1.29 is 4.74 Å². The monoisotopic (exact) mass is 370 g/mol. The SMILES string of the molecule is CC.CC.CC1CCC(c2ccc(OCc3cc(N)cc(N)c3)cc2)CC1. The van der Waals surface area contributed by atoms with Gasteiger partial charge >= 0.3 is 0 Å². The maximum atomic E-state index is 5.85. The predicted molar refractivity (Wildman–Crippen MR) is 119 cm³/mol. The van der Waals surface area contributed by atoms with Crippen LogP contribution in [0.1, 0.15) is 77.3 Å². The fourth-order valence-electron chi connectivity index (χ4n) is 3.43. The summed E-state index contributed by atoms with van der Waals surface area (Å²) in [7, 11) is 0. The summed E-state index contributed by atoms with van der Waals surface area (Å²) in [5.74, 6) is 2.49. The third-order valence-corrected chi connectivity index (χ3v) is 4.81. The summed E-state index contributed by atoms with van der Waals surface area (Å²) in [4.78, 5) is 0. The van der Waals surface area contributed by atoms with Crippen LogP contribution in [0.4, 0.5) is 11.4 Å². The van der Waals surface area contributed by atoms with E-state index in [2.05, 4.69) is 31.2 Å². The highest BCUT2D eigenvalue weighted by Crippen LogP contribution is 2.36. The molecule has 0 saturated heterocycles. The molecule has 0 aliphatic heterocycles. The number of nitrogen functional groups attached to an aromatic ring is 2. The van der Waals surface area contributed by atoms with Gasteiger partial charge in [0.15, 0.2) is 0 Å². The molecule has 4 N–H and O–H groups in total. The predicted octanol–water partition coefficient (Wildman–Crippen LogP) is 6.78. The van der Waals surface area contributed by atoms with Crippen LogP contribution in [0.15, 0.2) is 42.5 Å². The van der Waals surface area contributed by atoms with Crippen LogP contribution in [-0.4, -0.2) is 0 Å². The van der Waals surface area contributed by atoms with Crippen LogP contribution >= 0.6 is 0 Å². The maximum absolute atomic E-state index is 5.85. The smallest absolute Gasteiger partial charge is 0.119 e. The summed E-state index contributed by atoms with van der Waals surface area (Å²) in [5.41, 5.74) is 15.4. The third kappa shape index (κ3) is 7.54. The minimum atomic E-state index is 0.482. The van der Waals surface area contributed by atoms with E-state index in [0.717, 1.165) is 17.2 Å². The van der Waals surface area contributed by atoms with Gasteiger partial charge in [-0.05, 0) is 66.1 Å². The van der Waals surface area contributed by atoms with Gasteiger partial charge in [0.25, 0.3) is 0 Å². The molecule has 0 heterocycles. The summed E-state index contributed by atoms with van der Waals surface area (Å²) in [6.07, 6.45) is 5.31. The second-order valence-corrected chi connectivity index (χ2v) is 6.82. The van der Waals surface area contributed by atoms with Gasteiger partial charge in [-0.25, -0.2) is 0 Å². The molecular weight excluding hydrogens is 332 g/mol. The summed E-state index contributed by atoms with van der Waals surface area (Å²) in [5, 5.41) is 0. The number of hydrogen-bond acceptors (Lipinski definition) is 3. The quantitative estimate of drug-likeness (QED) is 0.583. The molecule has 0 radical (unpaired) electrons. The zero-order valence-corrected chi connectivity index (χ0v) is 17.8. The van der Waals surface area contributed by atoms with Gasteiger partial charge in [0.1, 0.15) is 12.4 Å². The van der Waals surface area contributed by atoms with Gasteiger partial charge in [0.2, 0.25) is 0 Å². The first kappa shape index (κ1) is 22.9. The van der Waals surface area contributed by atoms with E-state index in [1.54, 1.807) is 6.07 Å². The zero-order chi connectivity index (χ0) is 20.2. The molecule has 0 unspecified atom stereocenters. The number of hydrogen-bond donors (Lipinski definition) is 2. The van der Waals surface area contributed by atoms with E-state index in [1.165, 1.54) is 31.2 Å². The fourth-order valence-corrected chi connectivity index (χ4v) is 3.43. The van der Waals surface area contributed by atoms with Crippen LogP contribution in [0.25, 0.3) is 0 Å². The molecule has 0 atom stereocenters. The lowest BCUT2D eigenvalue weighted by molar-refractivity contribution is 0.306. The largest absolute Gasteiger partial charge is 0.489 e. The molecule has 0 spiro atoms. The first-order valence-corrected chi connectivity index (χ1v) is 10.5. The third-order valence-electron chi connectivity index (χ3n) is 4.81. The Hall–Kier alpha value is -2.16. The average Bonchev–Trinajstić information content (AvgIpc) is 2.70. The molecular formula is C24H38N2O. The standard InChI is InChI=1S/C20H26N2O.2C2H6/c1-14-2-4-16(5-3-14)17-6-8-20(9-7-17)23-13-15-10-18(21)12-19(22)11-15;2*1-2/h6-12,14,16H,2-5,13,21-22H2,1H3;2*1-2H3. The molecule has 0 amide bonds. The van der Waals surface area contributed by atoms with Crippen LogP contribution in [0.5, 0.6) is 5.75 Å². The van der Waals surface area contributed by atoms with Gasteiger partial charge in [0, 0.05) is 11.4 Å². The highest BCUT2D eigenvalue weighted by atomic mass is 16.5. The van der Waals surface area contributed by atoms with Crippen molar-refractivity contribution >= 4 is 11.4 Å². The summed E-state index contributed by atoms with van der Waals surface area (Å²) in [6, 6.07) is 14.1. The highest BCUT2D eigenvalue weighted by molar-refractivity contribution is 5.54. The first-order chi connectivity index (χ1) is 13.1. The number of nitrogens with two attached hydrogens (primary N) is 2. The number of rotatable bonds is 4. The molecule has 2 aromatic rings. The van der Waals surface area contributed by atoms with E-state index >= 15 is 0 Å². The normalized spacial score (nSPS) is 18.4. The second kappa shape index (κ2) is 12.3. The molecule has 3 heteroatoms. The molecule has 1 fully saturated rings. The molecule has 2 aromatic carbocycles. The first-order valence-electron chi connectivity index (χ1n) is 10.5. The van der Waals surface area contributed by atoms with Gasteiger partial charge in [-0.3, -0.25) is 0 Å². The van der Waals surface area contributed by atoms with Crippen molar-refractivity contribution in [3.63, 3.8) is 0 Å². The van der Waals surface area contributed by atoms with Gasteiger partial charge in [-0.1, -0.05) is 59.6 Å². The zero-order valence-electron chi connectivity index (χ0n) is 17.8. The van der Waals surface area contributed by atoms with Crippen molar-refractivity contribution in [1.82, 2.24) is 0 Å². The minimum absolute atomic E-state index is 0.482. The Bertz CT molecular complexity index is 624. The molecule has 1 aliphatic rings. The van der Waals surface area contributed by atoms with Gasteiger partial charge in [-0.2, -0.15) is 0 Å². The molecule has 1 saturated carbocycles. The lowest BCUT2D eigenvalue weighted by Gasteiger charge is -2.26. The van der Waals surface area contributed by atoms with E-state index < -0.39 is 0 Å². The number of benzene rings is 2. The molecule has 150 valence electrons. The van der Waals surface area contributed by atoms with E-state index in [4.69, 9.17) is 16.2 Å². The highest BCUT2D eigenvalue weighted by Gasteiger charge is 2.19. The van der Waals surface area contributed by atoms with Crippen molar-refractivity contribution in [1.29, 1.82) is 0 Å². The summed E-state index contributed by atoms with van der Waals surface area (Å²) < 4.78 is 5.85. The van der Waals surface area contributed by atoms with Crippen molar-refractivity contribution in [2.45, 2.75) is 72.8 Å². The van der Waals surface area contributed by atoms with Crippen molar-refractivity contribution in [2.75, 3.05) is 11.5 Å². The number of ether oxygens (including phenoxy) is 1. The van der Waals surface area contributed by atoms with Crippen LogP contribution in [-0.2, 0) is 6.61 Å². The molecule has 0 bridgehead atoms. The molecule has 27 heavy (non-hydrogen) atoms. The van der Waals surface area contributed by atoms with Crippen molar-refractivity contribution in [3.05, 3.63) is 53.6 Å². The lowest BCUT2D eigenvalue weighted by Crippen LogP contribution is -2.10. The van der Waals surface area contributed by atoms with Gasteiger partial charge < -0.3 is 16.2 Å². The Labute approximate surface area is 166 Å². The Morgan fingerprint density at radius 1 is 0.815 bits per heavy atom. The molecule has 3 nitrogen and oxygen atoms in total. The van der Waals surface area contributed by atoms with Crippen LogP contribution in [0, 0.1) is 5.92 Å². The summed E-state index contributed by atoms with van der Waals surface area (Å²) in [6.45, 7) is 10.8. The van der Waals surface area contributed by atoms with Gasteiger partial charge in [-0.15, -0.1) is 0 Å². The second-order valence-electron chi connectivity index (χ2n) is 6.82. The minimum Gasteiger partial charge on any atom is -0.489 e.